The topological polar surface area (TPSA) is 18.1 Å². The predicted octanol–water partition coefficient (Wildman–Crippen LogP) is 13.4. The summed E-state index contributed by atoms with van der Waals surface area (Å²) in [5, 5.41) is 4.77. The summed E-state index contributed by atoms with van der Waals surface area (Å²) in [7, 11) is 0. The molecule has 2 heteroatoms. The first-order chi connectivity index (χ1) is 24.8. The monoisotopic (exact) mass is 637 g/mol. The van der Waals surface area contributed by atoms with Crippen LogP contribution in [0.15, 0.2) is 192 Å². The molecule has 50 heavy (non-hydrogen) atoms. The molecule has 10 aromatic rings. The van der Waals surface area contributed by atoms with Gasteiger partial charge in [-0.2, -0.15) is 0 Å². The Bertz CT molecular complexity index is 2740. The Hall–Kier alpha value is -6.64. The number of benzene rings is 8. The van der Waals surface area contributed by atoms with Crippen molar-refractivity contribution in [2.24, 2.45) is 0 Å². The van der Waals surface area contributed by atoms with Crippen molar-refractivity contribution in [3.05, 3.63) is 188 Å². The smallest absolute Gasteiger partial charge is 0.135 e. The van der Waals surface area contributed by atoms with Crippen molar-refractivity contribution >= 4 is 43.7 Å². The minimum absolute atomic E-state index is 0.914. The largest absolute Gasteiger partial charge is 0.456 e. The molecule has 0 aliphatic rings. The lowest BCUT2D eigenvalue weighted by molar-refractivity contribution is 0.669. The van der Waals surface area contributed by atoms with Crippen LogP contribution in [0.1, 0.15) is 0 Å². The SMILES string of the molecule is c1ccc(-c2ccc3c4ccc(-c5ccccc5)cc4n(-c4ccccc4-c4ccc(-c5ccc6oc7ccccc7c6c5)cc4)c3c2)cc1. The number of furan rings is 1. The number of rotatable bonds is 5. The lowest BCUT2D eigenvalue weighted by atomic mass is 9.98. The van der Waals surface area contributed by atoms with Gasteiger partial charge in [0.2, 0.25) is 0 Å². The van der Waals surface area contributed by atoms with Crippen molar-refractivity contribution in [3.63, 3.8) is 0 Å². The first kappa shape index (κ1) is 28.4. The van der Waals surface area contributed by atoms with Crippen molar-refractivity contribution in [1.29, 1.82) is 0 Å². The summed E-state index contributed by atoms with van der Waals surface area (Å²) in [4.78, 5) is 0. The summed E-state index contributed by atoms with van der Waals surface area (Å²) in [5.74, 6) is 0. The standard InChI is InChI=1S/C48H31NO/c1-3-11-32(12-4-1)37-23-26-40-41-27-24-38(33-13-5-2-6-14-33)31-46(41)49(45(40)30-37)44-17-9-7-15-39(44)35-21-19-34(20-22-35)36-25-28-48-43(29-36)42-16-8-10-18-47(42)50-48/h1-31H. The van der Waals surface area contributed by atoms with Gasteiger partial charge in [-0.05, 0) is 75.3 Å². The molecule has 0 aliphatic heterocycles. The van der Waals surface area contributed by atoms with Crippen molar-refractivity contribution in [3.8, 4) is 50.2 Å². The van der Waals surface area contributed by atoms with Crippen LogP contribution in [0.4, 0.5) is 0 Å². The van der Waals surface area contributed by atoms with Gasteiger partial charge in [-0.15, -0.1) is 0 Å². The Balaban J connectivity index is 1.14. The number of aromatic nitrogens is 1. The highest BCUT2D eigenvalue weighted by Gasteiger charge is 2.18. The van der Waals surface area contributed by atoms with E-state index in [1.165, 1.54) is 66.3 Å². The Kier molecular flexibility index (Phi) is 6.53. The van der Waals surface area contributed by atoms with Crippen LogP contribution in [0.2, 0.25) is 0 Å². The van der Waals surface area contributed by atoms with Gasteiger partial charge >= 0.3 is 0 Å². The number of hydrogen-bond donors (Lipinski definition) is 0. The molecule has 2 nitrogen and oxygen atoms in total. The predicted molar refractivity (Wildman–Crippen MR) is 210 cm³/mol. The molecule has 0 N–H and O–H groups in total. The van der Waals surface area contributed by atoms with Gasteiger partial charge in [0.15, 0.2) is 0 Å². The molecule has 0 unspecified atom stereocenters. The molecule has 0 amide bonds. The first-order valence-corrected chi connectivity index (χ1v) is 17.1. The minimum Gasteiger partial charge on any atom is -0.456 e. The molecule has 2 heterocycles. The van der Waals surface area contributed by atoms with E-state index in [1.54, 1.807) is 0 Å². The molecule has 0 bridgehead atoms. The number of para-hydroxylation sites is 2. The van der Waals surface area contributed by atoms with Gasteiger partial charge in [0.05, 0.1) is 16.7 Å². The number of nitrogens with zero attached hydrogens (tertiary/aromatic N) is 1. The fraction of sp³-hybridized carbons (Fsp3) is 0. The molecule has 10 rings (SSSR count). The third-order valence-electron chi connectivity index (χ3n) is 10.0. The zero-order chi connectivity index (χ0) is 33.0. The highest BCUT2D eigenvalue weighted by Crippen LogP contribution is 2.40. The van der Waals surface area contributed by atoms with Crippen LogP contribution in [0.25, 0.3) is 93.9 Å². The molecule has 0 fully saturated rings. The van der Waals surface area contributed by atoms with Crippen LogP contribution in [0.3, 0.4) is 0 Å². The van der Waals surface area contributed by atoms with Gasteiger partial charge in [0.1, 0.15) is 11.2 Å². The maximum Gasteiger partial charge on any atom is 0.135 e. The Morgan fingerprint density at radius 1 is 0.300 bits per heavy atom. The maximum absolute atomic E-state index is 6.09. The van der Waals surface area contributed by atoms with E-state index < -0.39 is 0 Å². The molecule has 0 radical (unpaired) electrons. The molecule has 234 valence electrons. The van der Waals surface area contributed by atoms with Crippen LogP contribution in [-0.2, 0) is 0 Å². The highest BCUT2D eigenvalue weighted by molar-refractivity contribution is 6.12. The van der Waals surface area contributed by atoms with Gasteiger partial charge in [-0.1, -0.05) is 152 Å². The van der Waals surface area contributed by atoms with Crippen LogP contribution in [0, 0.1) is 0 Å². The van der Waals surface area contributed by atoms with E-state index >= 15 is 0 Å². The van der Waals surface area contributed by atoms with E-state index in [-0.39, 0.29) is 0 Å². The quantitative estimate of drug-likeness (QED) is 0.184. The summed E-state index contributed by atoms with van der Waals surface area (Å²) in [6.45, 7) is 0. The van der Waals surface area contributed by atoms with E-state index in [0.29, 0.717) is 0 Å². The molecule has 8 aromatic carbocycles. The van der Waals surface area contributed by atoms with E-state index in [1.807, 2.05) is 12.1 Å². The number of hydrogen-bond acceptors (Lipinski definition) is 1. The molecule has 2 aromatic heterocycles. The molecular weight excluding hydrogens is 607 g/mol. The van der Waals surface area contributed by atoms with Crippen molar-refractivity contribution < 1.29 is 4.42 Å². The molecule has 0 aliphatic carbocycles. The minimum atomic E-state index is 0.914. The Morgan fingerprint density at radius 3 is 1.46 bits per heavy atom. The second-order valence-electron chi connectivity index (χ2n) is 12.9. The lowest BCUT2D eigenvalue weighted by Gasteiger charge is -2.15. The van der Waals surface area contributed by atoms with Gasteiger partial charge in [-0.3, -0.25) is 0 Å². The second-order valence-corrected chi connectivity index (χ2v) is 12.9. The Labute approximate surface area is 290 Å². The van der Waals surface area contributed by atoms with E-state index in [2.05, 4.69) is 180 Å². The average molecular weight is 638 g/mol. The molecular formula is C48H31NO. The highest BCUT2D eigenvalue weighted by atomic mass is 16.3. The lowest BCUT2D eigenvalue weighted by Crippen LogP contribution is -1.97. The van der Waals surface area contributed by atoms with Crippen molar-refractivity contribution in [2.75, 3.05) is 0 Å². The van der Waals surface area contributed by atoms with E-state index in [0.717, 1.165) is 27.6 Å². The van der Waals surface area contributed by atoms with E-state index in [9.17, 15) is 0 Å². The fourth-order valence-electron chi connectivity index (χ4n) is 7.56. The third-order valence-corrected chi connectivity index (χ3v) is 10.0. The fourth-order valence-corrected chi connectivity index (χ4v) is 7.56. The van der Waals surface area contributed by atoms with Gasteiger partial charge in [0.25, 0.3) is 0 Å². The average Bonchev–Trinajstić information content (AvgIpc) is 3.73. The zero-order valence-electron chi connectivity index (χ0n) is 27.3. The summed E-state index contributed by atoms with van der Waals surface area (Å²) in [6, 6.07) is 67.6. The van der Waals surface area contributed by atoms with Crippen LogP contribution >= 0.6 is 0 Å². The summed E-state index contributed by atoms with van der Waals surface area (Å²) >= 11 is 0. The van der Waals surface area contributed by atoms with Gasteiger partial charge in [0, 0.05) is 27.1 Å². The normalized spacial score (nSPS) is 11.6. The Morgan fingerprint density at radius 2 is 0.780 bits per heavy atom. The summed E-state index contributed by atoms with van der Waals surface area (Å²) < 4.78 is 8.56. The van der Waals surface area contributed by atoms with Crippen molar-refractivity contribution in [1.82, 2.24) is 4.57 Å². The molecule has 0 saturated carbocycles. The molecule has 0 atom stereocenters. The van der Waals surface area contributed by atoms with E-state index in [4.69, 9.17) is 4.42 Å². The van der Waals surface area contributed by atoms with Gasteiger partial charge in [-0.25, -0.2) is 0 Å². The maximum atomic E-state index is 6.09. The molecule has 0 saturated heterocycles. The summed E-state index contributed by atoms with van der Waals surface area (Å²) in [6.07, 6.45) is 0. The van der Waals surface area contributed by atoms with Crippen LogP contribution < -0.4 is 0 Å². The third kappa shape index (κ3) is 4.65. The number of fused-ring (bicyclic) bond motifs is 6. The zero-order valence-corrected chi connectivity index (χ0v) is 27.3. The van der Waals surface area contributed by atoms with Crippen molar-refractivity contribution in [2.45, 2.75) is 0 Å². The second kappa shape index (κ2) is 11.5. The summed E-state index contributed by atoms with van der Waals surface area (Å²) in [5.41, 5.74) is 14.9. The van der Waals surface area contributed by atoms with Crippen LogP contribution in [-0.4, -0.2) is 4.57 Å². The van der Waals surface area contributed by atoms with Gasteiger partial charge < -0.3 is 8.98 Å². The molecule has 0 spiro atoms. The first-order valence-electron chi connectivity index (χ1n) is 17.1. The van der Waals surface area contributed by atoms with Crippen LogP contribution in [0.5, 0.6) is 0 Å².